The summed E-state index contributed by atoms with van der Waals surface area (Å²) in [7, 11) is 0. The molecule has 1 saturated heterocycles. The summed E-state index contributed by atoms with van der Waals surface area (Å²) in [5, 5.41) is 7.40. The minimum atomic E-state index is -0.166. The first-order valence-corrected chi connectivity index (χ1v) is 8.81. The molecular formula is C19H26N4O. The molecule has 5 nitrogen and oxygen atoms in total. The number of nitrogens with two attached hydrogens (primary N) is 1. The summed E-state index contributed by atoms with van der Waals surface area (Å²) in [6, 6.07) is 8.20. The Hall–Kier alpha value is -1.98. The molecule has 1 fully saturated rings. The zero-order valence-corrected chi connectivity index (χ0v) is 14.4. The van der Waals surface area contributed by atoms with Crippen LogP contribution in [0.3, 0.4) is 0 Å². The molecule has 1 amide bonds. The number of amides is 1. The van der Waals surface area contributed by atoms with E-state index >= 15 is 0 Å². The minimum absolute atomic E-state index is 0.00782. The molecule has 3 rings (SSSR count). The summed E-state index contributed by atoms with van der Waals surface area (Å²) in [6.07, 6.45) is 2.56. The lowest BCUT2D eigenvalue weighted by molar-refractivity contribution is -0.117. The lowest BCUT2D eigenvalue weighted by Crippen LogP contribution is -2.35. The molecule has 128 valence electrons. The van der Waals surface area contributed by atoms with Crippen molar-refractivity contribution in [3.8, 4) is 0 Å². The standard InChI is InChI=1S/C19H26N4O/c1-3-12-5-6-16-14(7-12)9-17(15(4-2)22-16)23-19(24)18-8-13(10-20)11-21-18/h5-7,9,13,18,21H,3-4,8,10-11,20H2,1-2H3,(H,23,24)/t13-,18-/m1/s1. The normalized spacial score (nSPS) is 20.5. The maximum absolute atomic E-state index is 12.6. The Morgan fingerprint density at radius 2 is 2.17 bits per heavy atom. The molecule has 24 heavy (non-hydrogen) atoms. The number of rotatable bonds is 5. The first-order valence-electron chi connectivity index (χ1n) is 8.81. The highest BCUT2D eigenvalue weighted by molar-refractivity contribution is 5.97. The summed E-state index contributed by atoms with van der Waals surface area (Å²) in [6.45, 7) is 5.62. The molecule has 1 aliphatic rings. The van der Waals surface area contributed by atoms with Gasteiger partial charge in [0.05, 0.1) is 22.9 Å². The zero-order valence-electron chi connectivity index (χ0n) is 14.4. The van der Waals surface area contributed by atoms with E-state index in [2.05, 4.69) is 42.7 Å². The molecule has 5 heteroatoms. The smallest absolute Gasteiger partial charge is 0.241 e. The van der Waals surface area contributed by atoms with E-state index in [0.29, 0.717) is 12.5 Å². The molecule has 0 radical (unpaired) electrons. The number of aromatic nitrogens is 1. The lowest BCUT2D eigenvalue weighted by atomic mass is 10.0. The monoisotopic (exact) mass is 326 g/mol. The quantitative estimate of drug-likeness (QED) is 0.787. The number of hydrogen-bond acceptors (Lipinski definition) is 4. The maximum atomic E-state index is 12.6. The highest BCUT2D eigenvalue weighted by Gasteiger charge is 2.28. The first kappa shape index (κ1) is 16.9. The largest absolute Gasteiger partial charge is 0.330 e. The van der Waals surface area contributed by atoms with E-state index in [1.54, 1.807) is 0 Å². The molecule has 0 aliphatic carbocycles. The van der Waals surface area contributed by atoms with Gasteiger partial charge in [0.1, 0.15) is 0 Å². The van der Waals surface area contributed by atoms with E-state index in [4.69, 9.17) is 10.7 Å². The predicted molar refractivity (Wildman–Crippen MR) is 98.1 cm³/mol. The fourth-order valence-electron chi connectivity index (χ4n) is 3.27. The van der Waals surface area contributed by atoms with E-state index in [0.717, 1.165) is 48.1 Å². The van der Waals surface area contributed by atoms with E-state index in [9.17, 15) is 4.79 Å². The number of hydrogen-bond donors (Lipinski definition) is 3. The number of carbonyl (C=O) groups is 1. The minimum Gasteiger partial charge on any atom is -0.330 e. The van der Waals surface area contributed by atoms with Gasteiger partial charge in [0, 0.05) is 5.39 Å². The Morgan fingerprint density at radius 1 is 1.33 bits per heavy atom. The van der Waals surface area contributed by atoms with Crippen LogP contribution in [0.2, 0.25) is 0 Å². The van der Waals surface area contributed by atoms with E-state index in [-0.39, 0.29) is 11.9 Å². The van der Waals surface area contributed by atoms with E-state index in [1.165, 1.54) is 5.56 Å². The van der Waals surface area contributed by atoms with E-state index in [1.807, 2.05) is 6.07 Å². The van der Waals surface area contributed by atoms with Crippen molar-refractivity contribution in [2.24, 2.45) is 11.7 Å². The second-order valence-electron chi connectivity index (χ2n) is 6.50. The van der Waals surface area contributed by atoms with Crippen molar-refractivity contribution in [2.45, 2.75) is 39.2 Å². The van der Waals surface area contributed by atoms with Gasteiger partial charge in [-0.3, -0.25) is 9.78 Å². The van der Waals surface area contributed by atoms with Crippen LogP contribution in [0.15, 0.2) is 24.3 Å². The third-order valence-corrected chi connectivity index (χ3v) is 4.83. The molecule has 1 aromatic heterocycles. The number of aryl methyl sites for hydroxylation is 2. The summed E-state index contributed by atoms with van der Waals surface area (Å²) in [4.78, 5) is 17.3. The Bertz CT molecular complexity index is 743. The molecule has 0 bridgehead atoms. The van der Waals surface area contributed by atoms with E-state index < -0.39 is 0 Å². The topological polar surface area (TPSA) is 80.0 Å². The maximum Gasteiger partial charge on any atom is 0.241 e. The van der Waals surface area contributed by atoms with Crippen molar-refractivity contribution in [1.29, 1.82) is 0 Å². The van der Waals surface area contributed by atoms with Crippen LogP contribution >= 0.6 is 0 Å². The lowest BCUT2D eigenvalue weighted by Gasteiger charge is -2.15. The van der Waals surface area contributed by atoms with Gasteiger partial charge in [0.25, 0.3) is 0 Å². The Balaban J connectivity index is 1.85. The molecular weight excluding hydrogens is 300 g/mol. The molecule has 4 N–H and O–H groups in total. The van der Waals surface area contributed by atoms with Crippen LogP contribution in [0, 0.1) is 5.92 Å². The van der Waals surface area contributed by atoms with Gasteiger partial charge in [-0.15, -0.1) is 0 Å². The van der Waals surface area contributed by atoms with Crippen LogP contribution in [0.4, 0.5) is 5.69 Å². The number of fused-ring (bicyclic) bond motifs is 1. The summed E-state index contributed by atoms with van der Waals surface area (Å²) < 4.78 is 0. The molecule has 1 aliphatic heterocycles. The van der Waals surface area contributed by atoms with Crippen molar-refractivity contribution in [2.75, 3.05) is 18.4 Å². The molecule has 0 unspecified atom stereocenters. The van der Waals surface area contributed by atoms with Crippen molar-refractivity contribution in [3.63, 3.8) is 0 Å². The van der Waals surface area contributed by atoms with Gasteiger partial charge in [-0.1, -0.05) is 19.9 Å². The van der Waals surface area contributed by atoms with Crippen LogP contribution in [0.5, 0.6) is 0 Å². The highest BCUT2D eigenvalue weighted by atomic mass is 16.2. The third-order valence-electron chi connectivity index (χ3n) is 4.83. The summed E-state index contributed by atoms with van der Waals surface area (Å²) in [5.74, 6) is 0.390. The Morgan fingerprint density at radius 3 is 2.83 bits per heavy atom. The predicted octanol–water partition coefficient (Wildman–Crippen LogP) is 2.23. The molecule has 0 saturated carbocycles. The second-order valence-corrected chi connectivity index (χ2v) is 6.50. The third kappa shape index (κ3) is 3.42. The number of nitrogens with zero attached hydrogens (tertiary/aromatic N) is 1. The van der Waals surface area contributed by atoms with Crippen molar-refractivity contribution in [1.82, 2.24) is 10.3 Å². The second kappa shape index (κ2) is 7.28. The fraction of sp³-hybridized carbons (Fsp3) is 0.474. The van der Waals surface area contributed by atoms with Crippen molar-refractivity contribution in [3.05, 3.63) is 35.5 Å². The van der Waals surface area contributed by atoms with Gasteiger partial charge >= 0.3 is 0 Å². The Labute approximate surface area is 143 Å². The molecule has 2 aromatic rings. The average molecular weight is 326 g/mol. The molecule has 2 atom stereocenters. The zero-order chi connectivity index (χ0) is 17.1. The van der Waals surface area contributed by atoms with Gasteiger partial charge in [-0.2, -0.15) is 0 Å². The van der Waals surface area contributed by atoms with Crippen LogP contribution in [0.1, 0.15) is 31.5 Å². The van der Waals surface area contributed by atoms with Gasteiger partial charge in [0.15, 0.2) is 0 Å². The Kier molecular flexibility index (Phi) is 5.11. The van der Waals surface area contributed by atoms with Gasteiger partial charge < -0.3 is 16.4 Å². The molecule has 2 heterocycles. The first-order chi connectivity index (χ1) is 11.6. The van der Waals surface area contributed by atoms with Gasteiger partial charge in [-0.05, 0) is 62.0 Å². The highest BCUT2D eigenvalue weighted by Crippen LogP contribution is 2.24. The fourth-order valence-corrected chi connectivity index (χ4v) is 3.27. The number of pyridine rings is 1. The number of nitrogens with one attached hydrogen (secondary N) is 2. The van der Waals surface area contributed by atoms with Crippen LogP contribution in [0.25, 0.3) is 10.9 Å². The SMILES string of the molecule is CCc1ccc2nc(CC)c(NC(=O)[C@H]3C[C@H](CN)CN3)cc2c1. The number of carbonyl (C=O) groups excluding carboxylic acids is 1. The average Bonchev–Trinajstić information content (AvgIpc) is 3.10. The van der Waals surface area contributed by atoms with Crippen LogP contribution in [-0.4, -0.2) is 30.0 Å². The number of benzene rings is 1. The summed E-state index contributed by atoms with van der Waals surface area (Å²) in [5.41, 5.74) is 9.70. The van der Waals surface area contributed by atoms with Gasteiger partial charge in [0.2, 0.25) is 5.91 Å². The van der Waals surface area contributed by atoms with Crippen molar-refractivity contribution >= 4 is 22.5 Å². The number of anilines is 1. The molecule has 1 aromatic carbocycles. The van der Waals surface area contributed by atoms with Crippen LogP contribution < -0.4 is 16.4 Å². The van der Waals surface area contributed by atoms with Gasteiger partial charge in [-0.25, -0.2) is 0 Å². The van der Waals surface area contributed by atoms with Crippen LogP contribution in [-0.2, 0) is 17.6 Å². The van der Waals surface area contributed by atoms with Crippen molar-refractivity contribution < 1.29 is 4.79 Å². The molecule has 0 spiro atoms. The summed E-state index contributed by atoms with van der Waals surface area (Å²) >= 11 is 0.